The summed E-state index contributed by atoms with van der Waals surface area (Å²) in [4.78, 5) is 0. The van der Waals surface area contributed by atoms with Gasteiger partial charge in [-0.3, -0.25) is 0 Å². The molecule has 1 aromatic carbocycles. The van der Waals surface area contributed by atoms with E-state index in [4.69, 9.17) is 17.0 Å². The molecular weight excluding hydrogens is 218 g/mol. The molecule has 0 saturated heterocycles. The number of fused-ring (bicyclic) bond motifs is 1. The smallest absolute Gasteiger partial charge is 0.0408 e. The lowest BCUT2D eigenvalue weighted by molar-refractivity contribution is 0.869. The topological polar surface area (TPSA) is 23.9 Å². The van der Waals surface area contributed by atoms with Crippen molar-refractivity contribution in [2.75, 3.05) is 0 Å². The molecule has 1 aliphatic carbocycles. The maximum atomic E-state index is 7.06. The summed E-state index contributed by atoms with van der Waals surface area (Å²) in [6.07, 6.45) is 8.92. The Labute approximate surface area is 102 Å². The summed E-state index contributed by atoms with van der Waals surface area (Å²) in [6, 6.07) is 6.19. The highest BCUT2D eigenvalue weighted by atomic mass is 35.5. The van der Waals surface area contributed by atoms with Crippen molar-refractivity contribution in [3.63, 3.8) is 0 Å². The third-order valence-corrected chi connectivity index (χ3v) is 3.34. The summed E-state index contributed by atoms with van der Waals surface area (Å²) in [5.74, 6) is 0. The quantitative estimate of drug-likeness (QED) is 0.598. The van der Waals surface area contributed by atoms with E-state index in [1.165, 1.54) is 22.9 Å². The van der Waals surface area contributed by atoms with Crippen LogP contribution in [-0.2, 0) is 12.8 Å². The Bertz CT molecular complexity index is 421. The largest absolute Gasteiger partial charge is 0.313 e. The van der Waals surface area contributed by atoms with Crippen LogP contribution in [0.4, 0.5) is 0 Å². The van der Waals surface area contributed by atoms with Gasteiger partial charge in [-0.1, -0.05) is 29.3 Å². The molecule has 1 N–H and O–H groups in total. The minimum Gasteiger partial charge on any atom is -0.313 e. The maximum absolute atomic E-state index is 7.06. The standard InChI is InChI=1S/C14H16ClN/c15-14-8-7-12-5-3-11(2-1-9-16)4-6-13(12)10-14/h3,7-10,16H,1-2,4-6H2. The molecular formula is C14H16ClN. The van der Waals surface area contributed by atoms with Crippen molar-refractivity contribution in [1.29, 1.82) is 5.41 Å². The van der Waals surface area contributed by atoms with Crippen molar-refractivity contribution in [2.24, 2.45) is 0 Å². The Kier molecular flexibility index (Phi) is 3.79. The first-order chi connectivity index (χ1) is 7.79. The van der Waals surface area contributed by atoms with Gasteiger partial charge in [0.25, 0.3) is 0 Å². The maximum Gasteiger partial charge on any atom is 0.0408 e. The fraction of sp³-hybridized carbons (Fsp3) is 0.357. The van der Waals surface area contributed by atoms with Gasteiger partial charge in [0.2, 0.25) is 0 Å². The predicted octanol–water partition coefficient (Wildman–Crippen LogP) is 4.18. The van der Waals surface area contributed by atoms with Crippen molar-refractivity contribution < 1.29 is 0 Å². The Balaban J connectivity index is 2.11. The lowest BCUT2D eigenvalue weighted by atomic mass is 10.0. The molecule has 1 aliphatic rings. The molecule has 0 aromatic heterocycles. The van der Waals surface area contributed by atoms with Gasteiger partial charge in [0.15, 0.2) is 0 Å². The van der Waals surface area contributed by atoms with Crippen LogP contribution in [0.1, 0.15) is 30.4 Å². The highest BCUT2D eigenvalue weighted by molar-refractivity contribution is 6.30. The molecule has 16 heavy (non-hydrogen) atoms. The Morgan fingerprint density at radius 3 is 2.94 bits per heavy atom. The molecule has 0 atom stereocenters. The van der Waals surface area contributed by atoms with Crippen molar-refractivity contribution in [1.82, 2.24) is 0 Å². The SMILES string of the molecule is N=CCCC1=CCc2ccc(Cl)cc2CC1. The van der Waals surface area contributed by atoms with Crippen LogP contribution in [0.2, 0.25) is 5.02 Å². The van der Waals surface area contributed by atoms with E-state index in [1.54, 1.807) is 0 Å². The normalized spacial score (nSPS) is 14.9. The Morgan fingerprint density at radius 2 is 2.12 bits per heavy atom. The minimum absolute atomic E-state index is 0.835. The third-order valence-electron chi connectivity index (χ3n) is 3.10. The molecule has 1 aromatic rings. The van der Waals surface area contributed by atoms with Gasteiger partial charge in [-0.15, -0.1) is 0 Å². The molecule has 0 spiro atoms. The molecule has 0 saturated carbocycles. The molecule has 1 nitrogen and oxygen atoms in total. The van der Waals surface area contributed by atoms with E-state index in [1.807, 2.05) is 6.07 Å². The highest BCUT2D eigenvalue weighted by Gasteiger charge is 2.08. The summed E-state index contributed by atoms with van der Waals surface area (Å²) < 4.78 is 0. The van der Waals surface area contributed by atoms with Crippen LogP contribution in [0.3, 0.4) is 0 Å². The highest BCUT2D eigenvalue weighted by Crippen LogP contribution is 2.25. The zero-order valence-electron chi connectivity index (χ0n) is 9.30. The molecule has 0 heterocycles. The van der Waals surface area contributed by atoms with E-state index in [9.17, 15) is 0 Å². The fourth-order valence-corrected chi connectivity index (χ4v) is 2.36. The second-order valence-corrected chi connectivity index (χ2v) is 4.66. The first-order valence-corrected chi connectivity index (χ1v) is 6.11. The lowest BCUT2D eigenvalue weighted by Gasteiger charge is -2.05. The third kappa shape index (κ3) is 2.73. The summed E-state index contributed by atoms with van der Waals surface area (Å²) in [5, 5.41) is 7.90. The zero-order valence-corrected chi connectivity index (χ0v) is 10.1. The lowest BCUT2D eigenvalue weighted by Crippen LogP contribution is -1.90. The van der Waals surface area contributed by atoms with E-state index in [-0.39, 0.29) is 0 Å². The monoisotopic (exact) mass is 233 g/mol. The van der Waals surface area contributed by atoms with E-state index in [2.05, 4.69) is 18.2 Å². The molecule has 2 heteroatoms. The molecule has 2 rings (SSSR count). The van der Waals surface area contributed by atoms with Crippen LogP contribution in [-0.4, -0.2) is 6.21 Å². The summed E-state index contributed by atoms with van der Waals surface area (Å²) >= 11 is 6.00. The van der Waals surface area contributed by atoms with Crippen LogP contribution in [0.5, 0.6) is 0 Å². The number of hydrogen-bond acceptors (Lipinski definition) is 1. The second kappa shape index (κ2) is 5.31. The van der Waals surface area contributed by atoms with Gasteiger partial charge in [0.05, 0.1) is 0 Å². The Morgan fingerprint density at radius 1 is 1.25 bits per heavy atom. The van der Waals surface area contributed by atoms with E-state index in [0.717, 1.165) is 37.1 Å². The molecule has 0 radical (unpaired) electrons. The summed E-state index contributed by atoms with van der Waals surface area (Å²) in [6.45, 7) is 0. The molecule has 0 aliphatic heterocycles. The number of benzene rings is 1. The van der Waals surface area contributed by atoms with Crippen molar-refractivity contribution >= 4 is 17.8 Å². The van der Waals surface area contributed by atoms with Gasteiger partial charge in [0, 0.05) is 5.02 Å². The average Bonchev–Trinajstić information content (AvgIpc) is 2.48. The number of rotatable bonds is 3. The van der Waals surface area contributed by atoms with E-state index in [0.29, 0.717) is 0 Å². The second-order valence-electron chi connectivity index (χ2n) is 4.22. The number of nitrogens with one attached hydrogen (secondary N) is 1. The molecule has 0 unspecified atom stereocenters. The average molecular weight is 234 g/mol. The Hall–Kier alpha value is -1.08. The first-order valence-electron chi connectivity index (χ1n) is 5.74. The van der Waals surface area contributed by atoms with Crippen LogP contribution >= 0.6 is 11.6 Å². The minimum atomic E-state index is 0.835. The van der Waals surface area contributed by atoms with Gasteiger partial charge >= 0.3 is 0 Å². The fourth-order valence-electron chi connectivity index (χ4n) is 2.16. The van der Waals surface area contributed by atoms with Crippen molar-refractivity contribution in [3.05, 3.63) is 46.0 Å². The van der Waals surface area contributed by atoms with Crippen molar-refractivity contribution in [3.8, 4) is 0 Å². The van der Waals surface area contributed by atoms with Gasteiger partial charge < -0.3 is 5.41 Å². The molecule has 0 fully saturated rings. The van der Waals surface area contributed by atoms with Crippen LogP contribution in [0.25, 0.3) is 0 Å². The van der Waals surface area contributed by atoms with Crippen LogP contribution in [0, 0.1) is 5.41 Å². The summed E-state index contributed by atoms with van der Waals surface area (Å²) in [5.41, 5.74) is 4.26. The number of aryl methyl sites for hydroxylation is 1. The predicted molar refractivity (Wildman–Crippen MR) is 69.6 cm³/mol. The van der Waals surface area contributed by atoms with Gasteiger partial charge in [0.1, 0.15) is 0 Å². The number of hydrogen-bond donors (Lipinski definition) is 1. The van der Waals surface area contributed by atoms with Crippen LogP contribution in [0.15, 0.2) is 29.8 Å². The van der Waals surface area contributed by atoms with Crippen LogP contribution < -0.4 is 0 Å². The van der Waals surface area contributed by atoms with Gasteiger partial charge in [-0.2, -0.15) is 0 Å². The number of allylic oxidation sites excluding steroid dienone is 2. The summed E-state index contributed by atoms with van der Waals surface area (Å²) in [7, 11) is 0. The van der Waals surface area contributed by atoms with Gasteiger partial charge in [-0.05, 0) is 61.6 Å². The first kappa shape index (κ1) is 11.4. The molecule has 84 valence electrons. The number of halogens is 1. The van der Waals surface area contributed by atoms with Crippen molar-refractivity contribution in [2.45, 2.75) is 32.1 Å². The molecule has 0 bridgehead atoms. The van der Waals surface area contributed by atoms with E-state index >= 15 is 0 Å². The van der Waals surface area contributed by atoms with Gasteiger partial charge in [-0.25, -0.2) is 0 Å². The zero-order chi connectivity index (χ0) is 11.4. The molecule has 0 amide bonds. The van der Waals surface area contributed by atoms with E-state index < -0.39 is 0 Å².